The van der Waals surface area contributed by atoms with Crippen molar-refractivity contribution in [3.8, 4) is 0 Å². The molecule has 6 nitrogen and oxygen atoms in total. The van der Waals surface area contributed by atoms with Crippen molar-refractivity contribution in [2.45, 2.75) is 26.4 Å². The molecule has 3 N–H and O–H groups in total. The predicted molar refractivity (Wildman–Crippen MR) is 146 cm³/mol. The summed E-state index contributed by atoms with van der Waals surface area (Å²) in [5.41, 5.74) is 4.11. The lowest BCUT2D eigenvalue weighted by Crippen LogP contribution is -2.38. The van der Waals surface area contributed by atoms with E-state index in [0.717, 1.165) is 46.5 Å². The molecule has 2 aromatic heterocycles. The van der Waals surface area contributed by atoms with Crippen LogP contribution in [0.1, 0.15) is 23.6 Å². The highest BCUT2D eigenvalue weighted by Crippen LogP contribution is 2.19. The second-order valence-electron chi connectivity index (χ2n) is 7.86. The third kappa shape index (κ3) is 6.69. The van der Waals surface area contributed by atoms with Gasteiger partial charge in [0, 0.05) is 42.5 Å². The highest BCUT2D eigenvalue weighted by atomic mass is 127. The fraction of sp³-hybridized carbons (Fsp3) is 0.231. The monoisotopic (exact) mass is 573 g/mol. The summed E-state index contributed by atoms with van der Waals surface area (Å²) in [6, 6.07) is 18.1. The quantitative estimate of drug-likeness (QED) is 0.166. The number of hydrogen-bond donors (Lipinski definition) is 3. The van der Waals surface area contributed by atoms with Crippen LogP contribution >= 0.6 is 24.0 Å². The summed E-state index contributed by atoms with van der Waals surface area (Å²) in [5.74, 6) is 0.515. The van der Waals surface area contributed by atoms with Gasteiger partial charge in [0.15, 0.2) is 5.96 Å². The molecule has 4 rings (SSSR count). The fourth-order valence-corrected chi connectivity index (χ4v) is 3.73. The van der Waals surface area contributed by atoms with Crippen LogP contribution in [-0.2, 0) is 19.5 Å². The molecule has 8 heteroatoms. The van der Waals surface area contributed by atoms with Crippen molar-refractivity contribution in [3.63, 3.8) is 0 Å². The molecular weight excluding hydrogens is 544 g/mol. The Morgan fingerprint density at radius 1 is 1.06 bits per heavy atom. The largest absolute Gasteiger partial charge is 0.361 e. The van der Waals surface area contributed by atoms with E-state index in [-0.39, 0.29) is 35.4 Å². The van der Waals surface area contributed by atoms with Gasteiger partial charge in [-0.3, -0.25) is 4.79 Å². The molecule has 0 unspecified atom stereocenters. The zero-order valence-corrected chi connectivity index (χ0v) is 21.4. The molecule has 0 radical (unpaired) electrons. The van der Waals surface area contributed by atoms with E-state index in [1.54, 1.807) is 22.9 Å². The standard InChI is InChI=1S/C26H28FN5O.HI/c1-2-28-26(29-13-12-21-17-30-24-15-22(27)10-11-23(21)24)31-16-19-6-8-20(9-7-19)18-32-14-4-3-5-25(32)33;/h3-11,14-15,17,30H,2,12-13,16,18H2,1H3,(H2,28,29,31);1H. The number of aromatic amines is 1. The first-order valence-corrected chi connectivity index (χ1v) is 11.1. The minimum Gasteiger partial charge on any atom is -0.361 e. The Bertz CT molecular complexity index is 1300. The molecule has 0 atom stereocenters. The Hall–Kier alpha value is -3.14. The number of pyridine rings is 1. The number of rotatable bonds is 8. The minimum absolute atomic E-state index is 0. The van der Waals surface area contributed by atoms with Crippen LogP contribution in [-0.4, -0.2) is 28.6 Å². The van der Waals surface area contributed by atoms with Crippen LogP contribution in [0.25, 0.3) is 10.9 Å². The van der Waals surface area contributed by atoms with E-state index in [4.69, 9.17) is 0 Å². The van der Waals surface area contributed by atoms with Crippen molar-refractivity contribution in [2.24, 2.45) is 4.99 Å². The zero-order valence-electron chi connectivity index (χ0n) is 19.1. The lowest BCUT2D eigenvalue weighted by molar-refractivity contribution is 0.629. The van der Waals surface area contributed by atoms with Gasteiger partial charge in [-0.25, -0.2) is 9.38 Å². The third-order valence-electron chi connectivity index (χ3n) is 5.46. The van der Waals surface area contributed by atoms with Crippen molar-refractivity contribution in [3.05, 3.63) is 106 Å². The van der Waals surface area contributed by atoms with Crippen molar-refractivity contribution >= 4 is 40.8 Å². The highest BCUT2D eigenvalue weighted by Gasteiger charge is 2.05. The van der Waals surface area contributed by atoms with Crippen LogP contribution in [0.4, 0.5) is 4.39 Å². The number of aromatic nitrogens is 2. The van der Waals surface area contributed by atoms with E-state index in [1.165, 1.54) is 12.1 Å². The molecule has 2 heterocycles. The van der Waals surface area contributed by atoms with Gasteiger partial charge in [0.05, 0.1) is 13.1 Å². The van der Waals surface area contributed by atoms with Crippen LogP contribution in [0.2, 0.25) is 0 Å². The first-order chi connectivity index (χ1) is 16.1. The van der Waals surface area contributed by atoms with Crippen LogP contribution in [0, 0.1) is 5.82 Å². The Kier molecular flexibility index (Phi) is 9.26. The number of fused-ring (bicyclic) bond motifs is 1. The number of aliphatic imine (C=N–C) groups is 1. The van der Waals surface area contributed by atoms with Gasteiger partial charge < -0.3 is 20.2 Å². The molecule has 4 aromatic rings. The van der Waals surface area contributed by atoms with E-state index in [0.29, 0.717) is 19.6 Å². The van der Waals surface area contributed by atoms with E-state index in [1.807, 2.05) is 49.5 Å². The molecular formula is C26H29FIN5O. The molecule has 2 aromatic carbocycles. The molecule has 0 aliphatic rings. The fourth-order valence-electron chi connectivity index (χ4n) is 3.73. The first-order valence-electron chi connectivity index (χ1n) is 11.1. The van der Waals surface area contributed by atoms with E-state index in [9.17, 15) is 9.18 Å². The van der Waals surface area contributed by atoms with Crippen LogP contribution in [0.15, 0.2) is 82.8 Å². The van der Waals surface area contributed by atoms with Crippen molar-refractivity contribution in [1.29, 1.82) is 0 Å². The summed E-state index contributed by atoms with van der Waals surface area (Å²) in [4.78, 5) is 19.7. The summed E-state index contributed by atoms with van der Waals surface area (Å²) in [7, 11) is 0. The number of guanidine groups is 1. The molecule has 0 amide bonds. The van der Waals surface area contributed by atoms with Gasteiger partial charge in [0.2, 0.25) is 0 Å². The Labute approximate surface area is 215 Å². The maximum atomic E-state index is 13.4. The van der Waals surface area contributed by atoms with Gasteiger partial charge in [-0.05, 0) is 54.3 Å². The molecule has 0 aliphatic heterocycles. The van der Waals surface area contributed by atoms with Crippen LogP contribution in [0.3, 0.4) is 0 Å². The second-order valence-corrected chi connectivity index (χ2v) is 7.86. The lowest BCUT2D eigenvalue weighted by Gasteiger charge is -2.11. The van der Waals surface area contributed by atoms with Gasteiger partial charge in [-0.1, -0.05) is 30.3 Å². The van der Waals surface area contributed by atoms with Crippen molar-refractivity contribution < 1.29 is 4.39 Å². The summed E-state index contributed by atoms with van der Waals surface area (Å²) in [5, 5.41) is 7.68. The van der Waals surface area contributed by atoms with Crippen LogP contribution < -0.4 is 16.2 Å². The molecule has 34 heavy (non-hydrogen) atoms. The average molecular weight is 573 g/mol. The van der Waals surface area contributed by atoms with Gasteiger partial charge in [0.1, 0.15) is 5.82 Å². The predicted octanol–water partition coefficient (Wildman–Crippen LogP) is 4.43. The Balaban J connectivity index is 0.00000324. The Morgan fingerprint density at radius 3 is 2.62 bits per heavy atom. The molecule has 0 saturated heterocycles. The maximum absolute atomic E-state index is 13.4. The van der Waals surface area contributed by atoms with E-state index < -0.39 is 0 Å². The summed E-state index contributed by atoms with van der Waals surface area (Å²) in [6.07, 6.45) is 4.52. The van der Waals surface area contributed by atoms with Crippen LogP contribution in [0.5, 0.6) is 0 Å². The number of H-pyrrole nitrogens is 1. The number of nitrogens with zero attached hydrogens (tertiary/aromatic N) is 2. The molecule has 0 spiro atoms. The SMILES string of the molecule is CCNC(=NCc1ccc(Cn2ccccc2=O)cc1)NCCc1c[nH]c2cc(F)ccc12.I. The normalized spacial score (nSPS) is 11.3. The van der Waals surface area contributed by atoms with Gasteiger partial charge >= 0.3 is 0 Å². The number of halogens is 2. The second kappa shape index (κ2) is 12.4. The molecule has 0 aliphatic carbocycles. The molecule has 0 fully saturated rings. The number of hydrogen-bond acceptors (Lipinski definition) is 2. The first kappa shape index (κ1) is 25.5. The zero-order chi connectivity index (χ0) is 23.0. The number of nitrogens with one attached hydrogen (secondary N) is 3. The molecule has 0 saturated carbocycles. The number of benzene rings is 2. The smallest absolute Gasteiger partial charge is 0.250 e. The maximum Gasteiger partial charge on any atom is 0.250 e. The summed E-state index contributed by atoms with van der Waals surface area (Å²) >= 11 is 0. The lowest BCUT2D eigenvalue weighted by atomic mass is 10.1. The third-order valence-corrected chi connectivity index (χ3v) is 5.46. The van der Waals surface area contributed by atoms with E-state index in [2.05, 4.69) is 20.6 Å². The Morgan fingerprint density at radius 2 is 1.85 bits per heavy atom. The topological polar surface area (TPSA) is 74.2 Å². The average Bonchev–Trinajstić information content (AvgIpc) is 3.22. The highest BCUT2D eigenvalue weighted by molar-refractivity contribution is 14.0. The minimum atomic E-state index is -0.238. The summed E-state index contributed by atoms with van der Waals surface area (Å²) in [6.45, 7) is 4.61. The molecule has 0 bridgehead atoms. The van der Waals surface area contributed by atoms with Gasteiger partial charge in [0.25, 0.3) is 5.56 Å². The summed E-state index contributed by atoms with van der Waals surface area (Å²) < 4.78 is 15.1. The van der Waals surface area contributed by atoms with Gasteiger partial charge in [-0.15, -0.1) is 24.0 Å². The van der Waals surface area contributed by atoms with Crippen molar-refractivity contribution in [2.75, 3.05) is 13.1 Å². The van der Waals surface area contributed by atoms with Crippen molar-refractivity contribution in [1.82, 2.24) is 20.2 Å². The molecule has 178 valence electrons. The van der Waals surface area contributed by atoms with Gasteiger partial charge in [-0.2, -0.15) is 0 Å². The van der Waals surface area contributed by atoms with E-state index >= 15 is 0 Å².